The van der Waals surface area contributed by atoms with Crippen molar-refractivity contribution in [2.24, 2.45) is 0 Å². The summed E-state index contributed by atoms with van der Waals surface area (Å²) in [5, 5.41) is 4.04. The zero-order valence-corrected chi connectivity index (χ0v) is 18.5. The van der Waals surface area contributed by atoms with Gasteiger partial charge in [-0.05, 0) is 37.5 Å². The van der Waals surface area contributed by atoms with Crippen LogP contribution in [0.3, 0.4) is 0 Å². The van der Waals surface area contributed by atoms with E-state index in [4.69, 9.17) is 0 Å². The van der Waals surface area contributed by atoms with Gasteiger partial charge in [0.15, 0.2) is 0 Å². The average molecular weight is 432 g/mol. The van der Waals surface area contributed by atoms with Crippen LogP contribution < -0.4 is 4.90 Å². The normalized spacial score (nSPS) is 15.5. The molecule has 30 heavy (non-hydrogen) atoms. The van der Waals surface area contributed by atoms with Crippen LogP contribution in [0.4, 0.5) is 5.69 Å². The fraction of sp³-hybridized carbons (Fsp3) is 0.208. The van der Waals surface area contributed by atoms with Crippen molar-refractivity contribution in [1.82, 2.24) is 9.97 Å². The summed E-state index contributed by atoms with van der Waals surface area (Å²) >= 11 is 3.12. The van der Waals surface area contributed by atoms with Crippen LogP contribution in [0.15, 0.2) is 65.3 Å². The Morgan fingerprint density at radius 3 is 2.80 bits per heavy atom. The van der Waals surface area contributed by atoms with Crippen molar-refractivity contribution >= 4 is 44.9 Å². The van der Waals surface area contributed by atoms with Gasteiger partial charge in [0, 0.05) is 22.7 Å². The highest BCUT2D eigenvalue weighted by Gasteiger charge is 2.30. The molecule has 1 aliphatic heterocycles. The van der Waals surface area contributed by atoms with Crippen LogP contribution in [-0.4, -0.2) is 27.7 Å². The molecular formula is C24H21N3OS2. The second-order valence-corrected chi connectivity index (χ2v) is 9.43. The van der Waals surface area contributed by atoms with Gasteiger partial charge in [-0.15, -0.1) is 11.3 Å². The van der Waals surface area contributed by atoms with Gasteiger partial charge in [0.25, 0.3) is 0 Å². The second-order valence-electron chi connectivity index (χ2n) is 7.61. The van der Waals surface area contributed by atoms with E-state index in [0.717, 1.165) is 38.5 Å². The molecule has 0 unspecified atom stereocenters. The van der Waals surface area contributed by atoms with E-state index in [1.165, 1.54) is 22.9 Å². The summed E-state index contributed by atoms with van der Waals surface area (Å²) in [5.74, 6) is 0.477. The number of hydrogen-bond donors (Lipinski definition) is 0. The molecule has 0 N–H and O–H groups in total. The molecule has 2 aromatic carbocycles. The maximum Gasteiger partial charge on any atom is 0.237 e. The molecule has 0 radical (unpaired) electrons. The van der Waals surface area contributed by atoms with Crippen molar-refractivity contribution in [3.05, 3.63) is 71.4 Å². The van der Waals surface area contributed by atoms with Crippen LogP contribution in [0.1, 0.15) is 18.1 Å². The summed E-state index contributed by atoms with van der Waals surface area (Å²) < 4.78 is 0. The number of anilines is 1. The Labute approximate surface area is 184 Å². The van der Waals surface area contributed by atoms with E-state index in [1.807, 2.05) is 23.1 Å². The first-order valence-corrected chi connectivity index (χ1v) is 11.8. The first kappa shape index (κ1) is 19.3. The van der Waals surface area contributed by atoms with Crippen LogP contribution in [0.5, 0.6) is 0 Å². The van der Waals surface area contributed by atoms with Crippen molar-refractivity contribution in [2.75, 3.05) is 10.7 Å². The van der Waals surface area contributed by atoms with E-state index in [-0.39, 0.29) is 11.9 Å². The molecule has 5 rings (SSSR count). The molecule has 0 bridgehead atoms. The Hall–Kier alpha value is -2.70. The smallest absolute Gasteiger partial charge is 0.237 e. The van der Waals surface area contributed by atoms with Gasteiger partial charge >= 0.3 is 0 Å². The molecule has 4 nitrogen and oxygen atoms in total. The maximum absolute atomic E-state index is 13.1. The summed E-state index contributed by atoms with van der Waals surface area (Å²) in [7, 11) is 0. The van der Waals surface area contributed by atoms with Gasteiger partial charge in [-0.1, -0.05) is 59.8 Å². The number of amides is 1. The SMILES string of the molecule is Cc1ccc(-c2csc3ncnc(SCC(=O)N4c5ccccc5C[C@@H]4C)c23)cc1. The van der Waals surface area contributed by atoms with Crippen molar-refractivity contribution in [1.29, 1.82) is 0 Å². The van der Waals surface area contributed by atoms with Crippen molar-refractivity contribution in [3.63, 3.8) is 0 Å². The van der Waals surface area contributed by atoms with E-state index < -0.39 is 0 Å². The number of carbonyl (C=O) groups is 1. The van der Waals surface area contributed by atoms with E-state index >= 15 is 0 Å². The lowest BCUT2D eigenvalue weighted by Gasteiger charge is -2.22. The molecule has 0 fully saturated rings. The van der Waals surface area contributed by atoms with Crippen molar-refractivity contribution < 1.29 is 4.79 Å². The highest BCUT2D eigenvalue weighted by Crippen LogP contribution is 2.38. The fourth-order valence-corrected chi connectivity index (χ4v) is 5.90. The minimum absolute atomic E-state index is 0.122. The Balaban J connectivity index is 1.43. The number of aryl methyl sites for hydroxylation is 1. The summed E-state index contributed by atoms with van der Waals surface area (Å²) in [6.07, 6.45) is 2.50. The average Bonchev–Trinajstić information content (AvgIpc) is 3.33. The fourth-order valence-electron chi connectivity index (χ4n) is 4.05. The number of rotatable bonds is 4. The molecule has 1 aliphatic rings. The lowest BCUT2D eigenvalue weighted by atomic mass is 10.1. The molecule has 2 aromatic heterocycles. The summed E-state index contributed by atoms with van der Waals surface area (Å²) in [4.78, 5) is 25.0. The number of hydrogen-bond acceptors (Lipinski definition) is 5. The highest BCUT2D eigenvalue weighted by molar-refractivity contribution is 8.00. The molecule has 1 atom stereocenters. The van der Waals surface area contributed by atoms with Crippen molar-refractivity contribution in [2.45, 2.75) is 31.3 Å². The highest BCUT2D eigenvalue weighted by atomic mass is 32.2. The summed E-state index contributed by atoms with van der Waals surface area (Å²) in [5.41, 5.74) is 5.80. The van der Waals surface area contributed by atoms with E-state index in [2.05, 4.69) is 59.5 Å². The van der Waals surface area contributed by atoms with Gasteiger partial charge in [0.1, 0.15) is 16.2 Å². The predicted molar refractivity (Wildman–Crippen MR) is 125 cm³/mol. The lowest BCUT2D eigenvalue weighted by Crippen LogP contribution is -2.36. The zero-order valence-electron chi connectivity index (χ0n) is 16.8. The molecule has 150 valence electrons. The Morgan fingerprint density at radius 2 is 1.97 bits per heavy atom. The Kier molecular flexibility index (Phi) is 5.05. The molecule has 1 amide bonds. The molecule has 4 aromatic rings. The number of aromatic nitrogens is 2. The standard InChI is InChI=1S/C24H21N3OS2/c1-15-7-9-17(10-8-15)19-12-29-23-22(19)24(26-14-25-23)30-13-21(28)27-16(2)11-18-5-3-4-6-20(18)27/h3-10,12,14,16H,11,13H2,1-2H3/t16-/m0/s1. The molecule has 0 saturated carbocycles. The van der Waals surface area contributed by atoms with Gasteiger partial charge in [0.05, 0.1) is 11.1 Å². The molecule has 6 heteroatoms. The van der Waals surface area contributed by atoms with E-state index in [1.54, 1.807) is 17.7 Å². The molecule has 0 aliphatic carbocycles. The predicted octanol–water partition coefficient (Wildman–Crippen LogP) is 5.74. The van der Waals surface area contributed by atoms with Crippen LogP contribution in [-0.2, 0) is 11.2 Å². The van der Waals surface area contributed by atoms with E-state index in [0.29, 0.717) is 5.75 Å². The number of thioether (sulfide) groups is 1. The second kappa shape index (κ2) is 7.85. The number of benzene rings is 2. The third-order valence-corrected chi connectivity index (χ3v) is 7.37. The topological polar surface area (TPSA) is 46.1 Å². The maximum atomic E-state index is 13.1. The Morgan fingerprint density at radius 1 is 1.17 bits per heavy atom. The number of nitrogens with zero attached hydrogens (tertiary/aromatic N) is 3. The van der Waals surface area contributed by atoms with Gasteiger partial charge in [-0.2, -0.15) is 0 Å². The summed E-state index contributed by atoms with van der Waals surface area (Å²) in [6, 6.07) is 16.9. The molecule has 3 heterocycles. The van der Waals surface area contributed by atoms with Gasteiger partial charge < -0.3 is 4.90 Å². The number of para-hydroxylation sites is 1. The lowest BCUT2D eigenvalue weighted by molar-refractivity contribution is -0.116. The van der Waals surface area contributed by atoms with Crippen LogP contribution in [0.25, 0.3) is 21.3 Å². The number of fused-ring (bicyclic) bond motifs is 2. The zero-order chi connectivity index (χ0) is 20.7. The third kappa shape index (κ3) is 3.40. The van der Waals surface area contributed by atoms with Crippen molar-refractivity contribution in [3.8, 4) is 11.1 Å². The largest absolute Gasteiger partial charge is 0.308 e. The number of thiophene rings is 1. The van der Waals surface area contributed by atoms with Crippen LogP contribution in [0, 0.1) is 6.92 Å². The number of carbonyl (C=O) groups excluding carboxylic acids is 1. The molecule has 0 saturated heterocycles. The minimum Gasteiger partial charge on any atom is -0.308 e. The van der Waals surface area contributed by atoms with Gasteiger partial charge in [0.2, 0.25) is 5.91 Å². The first-order chi connectivity index (χ1) is 14.6. The quantitative estimate of drug-likeness (QED) is 0.305. The van der Waals surface area contributed by atoms with Crippen LogP contribution in [0.2, 0.25) is 0 Å². The Bertz CT molecular complexity index is 1230. The third-order valence-electron chi connectivity index (χ3n) is 5.51. The molecular weight excluding hydrogens is 410 g/mol. The van der Waals surface area contributed by atoms with Crippen LogP contribution >= 0.6 is 23.1 Å². The molecule has 0 spiro atoms. The first-order valence-electron chi connectivity index (χ1n) is 9.94. The summed E-state index contributed by atoms with van der Waals surface area (Å²) in [6.45, 7) is 4.20. The van der Waals surface area contributed by atoms with E-state index in [9.17, 15) is 4.79 Å². The minimum atomic E-state index is 0.122. The van der Waals surface area contributed by atoms with Gasteiger partial charge in [-0.3, -0.25) is 4.79 Å². The van der Waals surface area contributed by atoms with Gasteiger partial charge in [-0.25, -0.2) is 9.97 Å². The monoisotopic (exact) mass is 431 g/mol.